The molecule has 11 rings (SSSR count). The lowest BCUT2D eigenvalue weighted by Crippen LogP contribution is -2.54. The predicted molar refractivity (Wildman–Crippen MR) is 245 cm³/mol. The van der Waals surface area contributed by atoms with E-state index in [1.165, 1.54) is 51.1 Å². The Morgan fingerprint density at radius 2 is 1.77 bits per heavy atom. The molecule has 0 radical (unpaired) electrons. The normalized spacial score (nSPS) is 22.5. The number of nitrogens with zero attached hydrogens (tertiary/aromatic N) is 5. The number of hydrogen-bond acceptors (Lipinski definition) is 13. The van der Waals surface area contributed by atoms with Gasteiger partial charge in [-0.25, -0.2) is 18.1 Å². The number of carbonyl (C=O) groups excluding carboxylic acids is 1. The summed E-state index contributed by atoms with van der Waals surface area (Å²) in [6.45, 7) is 6.27. The average Bonchev–Trinajstić information content (AvgIpc) is 3.85. The van der Waals surface area contributed by atoms with Crippen molar-refractivity contribution in [2.45, 2.75) is 80.3 Å². The van der Waals surface area contributed by atoms with Gasteiger partial charge in [-0.15, -0.1) is 0 Å². The van der Waals surface area contributed by atoms with E-state index in [-0.39, 0.29) is 35.4 Å². The number of carbonyl (C=O) groups is 1. The van der Waals surface area contributed by atoms with Gasteiger partial charge in [-0.05, 0) is 105 Å². The Morgan fingerprint density at radius 3 is 2.55 bits per heavy atom. The summed E-state index contributed by atoms with van der Waals surface area (Å²) in [5.41, 5.74) is 4.57. The third kappa shape index (κ3) is 8.39. The highest BCUT2D eigenvalue weighted by Gasteiger charge is 2.50. The van der Waals surface area contributed by atoms with Crippen LogP contribution in [-0.4, -0.2) is 110 Å². The third-order valence-electron chi connectivity index (χ3n) is 14.6. The fourth-order valence-electron chi connectivity index (χ4n) is 11.0. The molecule has 65 heavy (non-hydrogen) atoms. The number of nitrogens with one attached hydrogen (secondary N) is 3. The van der Waals surface area contributed by atoms with Gasteiger partial charge in [0.05, 0.1) is 40.8 Å². The number of rotatable bonds is 12. The minimum Gasteiger partial charge on any atom is -0.489 e. The van der Waals surface area contributed by atoms with Crippen molar-refractivity contribution in [3.05, 3.63) is 106 Å². The number of pyridine rings is 1. The van der Waals surface area contributed by atoms with Crippen LogP contribution in [0.15, 0.2) is 84.0 Å². The SMILES string of the molecule is O=C(NS(=O)(=O)c1cc2c(c([N+](=O)[O-])c1)NC(CN1CCOCC1)CO2)c1ccc(N2CCC3(CC2)CC(N2CCCC2c2ccccc2C2CC2)C3)cc1Oc1cnc2[nH]ccc2c1. The Labute approximate surface area is 377 Å². The number of aromatic amines is 1. The molecular formula is C48H54N8O8S. The Morgan fingerprint density at radius 1 is 0.969 bits per heavy atom. The second-order valence-electron chi connectivity index (χ2n) is 18.8. The lowest BCUT2D eigenvalue weighted by Gasteiger charge is -2.56. The fourth-order valence-corrected chi connectivity index (χ4v) is 12.0. The number of H-pyrrole nitrogens is 1. The summed E-state index contributed by atoms with van der Waals surface area (Å²) >= 11 is 0. The number of sulfonamides is 1. The van der Waals surface area contributed by atoms with Crippen molar-refractivity contribution in [2.24, 2.45) is 5.41 Å². The van der Waals surface area contributed by atoms with Gasteiger partial charge in [-0.3, -0.25) is 24.7 Å². The summed E-state index contributed by atoms with van der Waals surface area (Å²) < 4.78 is 47.7. The molecule has 16 nitrogen and oxygen atoms in total. The number of hydrogen-bond donors (Lipinski definition) is 3. The summed E-state index contributed by atoms with van der Waals surface area (Å²) in [5.74, 6) is 0.322. The molecule has 340 valence electrons. The van der Waals surface area contributed by atoms with Crippen molar-refractivity contribution < 1.29 is 32.3 Å². The van der Waals surface area contributed by atoms with Crippen LogP contribution in [0.3, 0.4) is 0 Å². The van der Waals surface area contributed by atoms with Crippen LogP contribution in [0.25, 0.3) is 11.0 Å². The predicted octanol–water partition coefficient (Wildman–Crippen LogP) is 7.35. The highest BCUT2D eigenvalue weighted by Crippen LogP contribution is 2.55. The van der Waals surface area contributed by atoms with Crippen LogP contribution in [0, 0.1) is 15.5 Å². The summed E-state index contributed by atoms with van der Waals surface area (Å²) in [7, 11) is -4.64. The summed E-state index contributed by atoms with van der Waals surface area (Å²) in [6, 6.07) is 21.0. The first-order valence-corrected chi connectivity index (χ1v) is 24.5. The van der Waals surface area contributed by atoms with Crippen molar-refractivity contribution in [3.63, 3.8) is 0 Å². The number of piperidine rings is 1. The summed E-state index contributed by atoms with van der Waals surface area (Å²) in [6.07, 6.45) is 13.0. The van der Waals surface area contributed by atoms with Crippen molar-refractivity contribution in [1.82, 2.24) is 24.5 Å². The van der Waals surface area contributed by atoms with Gasteiger partial charge in [-0.2, -0.15) is 0 Å². The number of ether oxygens (including phenoxy) is 3. The van der Waals surface area contributed by atoms with E-state index in [1.54, 1.807) is 41.7 Å². The maximum Gasteiger partial charge on any atom is 0.297 e. The first kappa shape index (κ1) is 41.9. The molecule has 2 atom stereocenters. The van der Waals surface area contributed by atoms with Gasteiger partial charge in [0.1, 0.15) is 23.8 Å². The van der Waals surface area contributed by atoms with E-state index in [4.69, 9.17) is 14.2 Å². The summed E-state index contributed by atoms with van der Waals surface area (Å²) in [4.78, 5) is 40.1. The molecular weight excluding hydrogens is 849 g/mol. The van der Waals surface area contributed by atoms with Gasteiger partial charge in [-0.1, -0.05) is 24.3 Å². The highest BCUT2D eigenvalue weighted by molar-refractivity contribution is 7.90. The maximum atomic E-state index is 14.1. The Kier molecular flexibility index (Phi) is 10.9. The van der Waals surface area contributed by atoms with Gasteiger partial charge in [0.2, 0.25) is 0 Å². The number of morpholine rings is 1. The smallest absolute Gasteiger partial charge is 0.297 e. The van der Waals surface area contributed by atoms with Crippen molar-refractivity contribution in [1.29, 1.82) is 0 Å². The van der Waals surface area contributed by atoms with Crippen LogP contribution >= 0.6 is 0 Å². The number of benzene rings is 3. The largest absolute Gasteiger partial charge is 0.489 e. The Bertz CT molecular complexity index is 2740. The number of nitro benzene ring substituents is 1. The maximum absolute atomic E-state index is 14.1. The molecule has 1 spiro atoms. The summed E-state index contributed by atoms with van der Waals surface area (Å²) in [5, 5.41) is 16.3. The molecule has 2 aromatic heterocycles. The van der Waals surface area contributed by atoms with Gasteiger partial charge < -0.3 is 29.4 Å². The van der Waals surface area contributed by atoms with Crippen LogP contribution in [-0.2, 0) is 14.8 Å². The molecule has 17 heteroatoms. The molecule has 3 N–H and O–H groups in total. The molecule has 0 bridgehead atoms. The molecule has 5 fully saturated rings. The molecule has 6 aliphatic rings. The molecule has 1 amide bonds. The van der Waals surface area contributed by atoms with E-state index in [9.17, 15) is 23.3 Å². The lowest BCUT2D eigenvalue weighted by molar-refractivity contribution is -0.384. The van der Waals surface area contributed by atoms with E-state index in [1.807, 2.05) is 12.1 Å². The van der Waals surface area contributed by atoms with E-state index in [0.29, 0.717) is 48.7 Å². The second-order valence-corrected chi connectivity index (χ2v) is 20.5. The van der Waals surface area contributed by atoms with E-state index >= 15 is 0 Å². The minimum atomic E-state index is -4.64. The highest BCUT2D eigenvalue weighted by atomic mass is 32.2. The number of aromatic nitrogens is 2. The van der Waals surface area contributed by atoms with Gasteiger partial charge in [0.25, 0.3) is 21.6 Å². The van der Waals surface area contributed by atoms with Crippen LogP contribution in [0.2, 0.25) is 0 Å². The number of likely N-dealkylation sites (tertiary alicyclic amines) is 1. The number of fused-ring (bicyclic) bond motifs is 2. The van der Waals surface area contributed by atoms with Crippen LogP contribution < -0.4 is 24.4 Å². The topological polar surface area (TPSA) is 184 Å². The average molecular weight is 903 g/mol. The van der Waals surface area contributed by atoms with Crippen molar-refractivity contribution in [3.8, 4) is 17.2 Å². The standard InChI is InChI=1S/C48H54N8O8S/c57-47(52-65(60,61)37-24-42(56(58)59)45-44(25-37)63-30-33(51-45)29-53-18-20-62-21-19-53)40-10-9-34(23-43(40)64-36-22-32-11-14-49-46(32)50-28-36)54-16-12-48(13-17-54)26-35(27-48)55-15-3-6-41(55)39-5-2-1-4-38(39)31-7-8-31/h1-2,4-5,9-11,14,22-25,28,31,33,35,41,51H,3,6-8,12-13,15-21,26-27,29-30H2,(H,49,50)(H,52,57). The van der Waals surface area contributed by atoms with Crippen LogP contribution in [0.1, 0.15) is 84.8 Å². The van der Waals surface area contributed by atoms with E-state index < -0.39 is 31.4 Å². The molecule has 6 heterocycles. The second kappa shape index (κ2) is 16.9. The molecule has 2 unspecified atom stereocenters. The Balaban J connectivity index is 0.799. The molecule has 2 saturated carbocycles. The van der Waals surface area contributed by atoms with Gasteiger partial charge in [0, 0.05) is 80.3 Å². The van der Waals surface area contributed by atoms with Crippen LogP contribution in [0.4, 0.5) is 17.1 Å². The molecule has 4 aliphatic heterocycles. The van der Waals surface area contributed by atoms with Gasteiger partial charge >= 0.3 is 0 Å². The molecule has 3 saturated heterocycles. The lowest BCUT2D eigenvalue weighted by atomic mass is 9.59. The zero-order valence-electron chi connectivity index (χ0n) is 36.2. The number of amides is 1. The van der Waals surface area contributed by atoms with Crippen LogP contribution in [0.5, 0.6) is 17.2 Å². The first-order chi connectivity index (χ1) is 31.6. The van der Waals surface area contributed by atoms with Gasteiger partial charge in [0.15, 0.2) is 11.4 Å². The molecule has 5 aromatic rings. The Hall–Kier alpha value is -5.75. The zero-order valence-corrected chi connectivity index (χ0v) is 37.1. The quantitative estimate of drug-likeness (QED) is 0.0835. The molecule has 2 aliphatic carbocycles. The van der Waals surface area contributed by atoms with E-state index in [0.717, 1.165) is 62.1 Å². The van der Waals surface area contributed by atoms with Crippen molar-refractivity contribution in [2.75, 3.05) is 69.3 Å². The number of anilines is 2. The zero-order chi connectivity index (χ0) is 44.3. The first-order valence-electron chi connectivity index (χ1n) is 23.0. The fraction of sp³-hybridized carbons (Fsp3) is 0.458. The monoisotopic (exact) mass is 902 g/mol. The minimum absolute atomic E-state index is 0.0156. The number of nitro groups is 1. The van der Waals surface area contributed by atoms with E-state index in [2.05, 4.69) is 59.0 Å². The molecule has 3 aromatic carbocycles. The van der Waals surface area contributed by atoms with Crippen molar-refractivity contribution >= 4 is 44.0 Å². The third-order valence-corrected chi connectivity index (χ3v) is 15.9.